The van der Waals surface area contributed by atoms with Gasteiger partial charge in [0.25, 0.3) is 0 Å². The average Bonchev–Trinajstić information content (AvgIpc) is 2.67. The molecule has 0 unspecified atom stereocenters. The van der Waals surface area contributed by atoms with Gasteiger partial charge in [0.15, 0.2) is 0 Å². The molecule has 0 aliphatic carbocycles. The van der Waals surface area contributed by atoms with Crippen molar-refractivity contribution in [2.45, 2.75) is 32.5 Å². The van der Waals surface area contributed by atoms with Crippen LogP contribution in [0, 0.1) is 6.92 Å². The number of aliphatic hydroxyl groups excluding tert-OH is 1. The second-order valence-corrected chi connectivity index (χ2v) is 7.44. The van der Waals surface area contributed by atoms with Gasteiger partial charge in [-0.1, -0.05) is 6.07 Å². The molecule has 0 aliphatic heterocycles. The van der Waals surface area contributed by atoms with Crippen LogP contribution in [-0.4, -0.2) is 37.2 Å². The van der Waals surface area contributed by atoms with Crippen molar-refractivity contribution in [1.29, 1.82) is 0 Å². The maximum atomic E-state index is 12.9. The minimum absolute atomic E-state index is 0.0807. The van der Waals surface area contributed by atoms with Gasteiger partial charge in [-0.15, -0.1) is 0 Å². The summed E-state index contributed by atoms with van der Waals surface area (Å²) in [5.74, 6) is 0.226. The van der Waals surface area contributed by atoms with Gasteiger partial charge in [0.1, 0.15) is 5.69 Å². The third kappa shape index (κ3) is 5.41. The Hall–Kier alpha value is -3.27. The number of aliphatic hydroxyl groups is 1. The Morgan fingerprint density at radius 3 is 2.30 bits per heavy atom. The van der Waals surface area contributed by atoms with Gasteiger partial charge in [-0.2, -0.15) is 13.2 Å². The Kier molecular flexibility index (Phi) is 5.88. The quantitative estimate of drug-likeness (QED) is 0.552. The highest BCUT2D eigenvalue weighted by atomic mass is 19.4. The molecule has 158 valence electrons. The van der Waals surface area contributed by atoms with Gasteiger partial charge in [0, 0.05) is 29.8 Å². The predicted molar refractivity (Wildman–Crippen MR) is 107 cm³/mol. The Morgan fingerprint density at radius 1 is 0.967 bits per heavy atom. The van der Waals surface area contributed by atoms with E-state index >= 15 is 0 Å². The summed E-state index contributed by atoms with van der Waals surface area (Å²) in [6, 6.07) is 6.24. The molecule has 0 atom stereocenters. The molecular formula is C20H21F3N6O. The first-order chi connectivity index (χ1) is 14.1. The zero-order valence-corrected chi connectivity index (χ0v) is 16.6. The molecule has 7 nitrogen and oxygen atoms in total. The van der Waals surface area contributed by atoms with E-state index in [2.05, 4.69) is 30.6 Å². The second-order valence-electron chi connectivity index (χ2n) is 7.44. The van der Waals surface area contributed by atoms with Crippen LogP contribution < -0.4 is 10.6 Å². The number of nitrogens with one attached hydrogen (secondary N) is 2. The maximum absolute atomic E-state index is 12.9. The first-order valence-corrected chi connectivity index (χ1v) is 9.06. The SMILES string of the molecule is Cc1cc(Nc2nccc(C(F)(F)F)n2)cc(-c2cnc(NC(C)(C)CO)nc2)c1. The molecule has 30 heavy (non-hydrogen) atoms. The van der Waals surface area contributed by atoms with E-state index in [0.29, 0.717) is 11.6 Å². The zero-order valence-electron chi connectivity index (χ0n) is 16.6. The first-order valence-electron chi connectivity index (χ1n) is 9.06. The minimum atomic E-state index is -4.55. The highest BCUT2D eigenvalue weighted by Gasteiger charge is 2.32. The molecule has 0 radical (unpaired) electrons. The molecular weight excluding hydrogens is 397 g/mol. The standard InChI is InChI=1S/C20H21F3N6O/c1-12-6-13(14-9-25-17(26-10-14)29-19(2,3)11-30)8-15(7-12)27-18-24-5-4-16(28-18)20(21,22)23/h4-10,30H,11H2,1-3H3,(H,24,27,28)(H,25,26,29). The fourth-order valence-corrected chi connectivity index (χ4v) is 2.61. The normalized spacial score (nSPS) is 12.0. The number of aryl methyl sites for hydroxylation is 1. The van der Waals surface area contributed by atoms with Crippen LogP contribution in [0.2, 0.25) is 0 Å². The van der Waals surface area contributed by atoms with Gasteiger partial charge < -0.3 is 15.7 Å². The Morgan fingerprint density at radius 2 is 1.67 bits per heavy atom. The van der Waals surface area contributed by atoms with E-state index in [1.807, 2.05) is 26.8 Å². The molecule has 0 saturated heterocycles. The number of anilines is 3. The second kappa shape index (κ2) is 8.23. The Labute approximate surface area is 171 Å². The van der Waals surface area contributed by atoms with Gasteiger partial charge in [0.2, 0.25) is 11.9 Å². The molecule has 3 rings (SSSR count). The molecule has 0 spiro atoms. The fraction of sp³-hybridized carbons (Fsp3) is 0.300. The lowest BCUT2D eigenvalue weighted by molar-refractivity contribution is -0.141. The molecule has 2 heterocycles. The number of hydrogen-bond acceptors (Lipinski definition) is 7. The van der Waals surface area contributed by atoms with E-state index in [4.69, 9.17) is 0 Å². The number of alkyl halides is 3. The number of benzene rings is 1. The Bertz CT molecular complexity index is 1020. The van der Waals surface area contributed by atoms with E-state index in [-0.39, 0.29) is 12.6 Å². The number of rotatable bonds is 6. The highest BCUT2D eigenvalue weighted by molar-refractivity contribution is 5.70. The summed E-state index contributed by atoms with van der Waals surface area (Å²) in [6.07, 6.45) is -0.235. The summed E-state index contributed by atoms with van der Waals surface area (Å²) in [6.45, 7) is 5.42. The number of halogens is 3. The van der Waals surface area contributed by atoms with Crippen LogP contribution in [0.4, 0.5) is 30.8 Å². The number of nitrogens with zero attached hydrogens (tertiary/aromatic N) is 4. The topological polar surface area (TPSA) is 95.9 Å². The van der Waals surface area contributed by atoms with Crippen LogP contribution in [0.3, 0.4) is 0 Å². The summed E-state index contributed by atoms with van der Waals surface area (Å²) in [5, 5.41) is 15.2. The van der Waals surface area contributed by atoms with Crippen molar-refractivity contribution >= 4 is 17.6 Å². The van der Waals surface area contributed by atoms with Crippen molar-refractivity contribution in [1.82, 2.24) is 19.9 Å². The van der Waals surface area contributed by atoms with Crippen molar-refractivity contribution in [3.63, 3.8) is 0 Å². The van der Waals surface area contributed by atoms with Gasteiger partial charge in [0.05, 0.1) is 12.1 Å². The zero-order chi connectivity index (χ0) is 21.9. The van der Waals surface area contributed by atoms with Gasteiger partial charge >= 0.3 is 6.18 Å². The lowest BCUT2D eigenvalue weighted by Crippen LogP contribution is -2.35. The van der Waals surface area contributed by atoms with Gasteiger partial charge in [-0.25, -0.2) is 19.9 Å². The molecule has 10 heteroatoms. The minimum Gasteiger partial charge on any atom is -0.394 e. The first kappa shape index (κ1) is 21.4. The number of hydrogen-bond donors (Lipinski definition) is 3. The van der Waals surface area contributed by atoms with E-state index in [1.165, 1.54) is 0 Å². The van der Waals surface area contributed by atoms with Crippen LogP contribution in [0.5, 0.6) is 0 Å². The Balaban J connectivity index is 1.84. The lowest BCUT2D eigenvalue weighted by atomic mass is 10.1. The molecule has 0 aliphatic rings. The van der Waals surface area contributed by atoms with Crippen molar-refractivity contribution in [2.75, 3.05) is 17.2 Å². The monoisotopic (exact) mass is 418 g/mol. The highest BCUT2D eigenvalue weighted by Crippen LogP contribution is 2.29. The van der Waals surface area contributed by atoms with Crippen molar-refractivity contribution in [3.05, 3.63) is 54.1 Å². The largest absolute Gasteiger partial charge is 0.433 e. The lowest BCUT2D eigenvalue weighted by Gasteiger charge is -2.23. The maximum Gasteiger partial charge on any atom is 0.433 e. The molecule has 0 bridgehead atoms. The van der Waals surface area contributed by atoms with Crippen molar-refractivity contribution < 1.29 is 18.3 Å². The van der Waals surface area contributed by atoms with Gasteiger partial charge in [-0.05, 0) is 50.1 Å². The van der Waals surface area contributed by atoms with Crippen LogP contribution in [0.1, 0.15) is 25.1 Å². The molecule has 0 fully saturated rings. The van der Waals surface area contributed by atoms with Crippen LogP contribution in [-0.2, 0) is 6.18 Å². The summed E-state index contributed by atoms with van der Waals surface area (Å²) < 4.78 is 38.6. The van der Waals surface area contributed by atoms with Crippen LogP contribution >= 0.6 is 0 Å². The van der Waals surface area contributed by atoms with Crippen molar-refractivity contribution in [2.24, 2.45) is 0 Å². The summed E-state index contributed by atoms with van der Waals surface area (Å²) in [5.41, 5.74) is 1.33. The molecule has 0 saturated carbocycles. The smallest absolute Gasteiger partial charge is 0.394 e. The fourth-order valence-electron chi connectivity index (χ4n) is 2.61. The molecule has 0 amide bonds. The van der Waals surface area contributed by atoms with Crippen molar-refractivity contribution in [3.8, 4) is 11.1 Å². The van der Waals surface area contributed by atoms with Crippen LogP contribution in [0.25, 0.3) is 11.1 Å². The van der Waals surface area contributed by atoms with E-state index < -0.39 is 17.4 Å². The molecule has 2 aromatic heterocycles. The van der Waals surface area contributed by atoms with Gasteiger partial charge in [-0.3, -0.25) is 0 Å². The molecule has 3 aromatic rings. The third-order valence-electron chi connectivity index (χ3n) is 4.11. The number of aromatic nitrogens is 4. The summed E-state index contributed by atoms with van der Waals surface area (Å²) in [7, 11) is 0. The van der Waals surface area contributed by atoms with Crippen LogP contribution in [0.15, 0.2) is 42.9 Å². The third-order valence-corrected chi connectivity index (χ3v) is 4.11. The summed E-state index contributed by atoms with van der Waals surface area (Å²) >= 11 is 0. The van der Waals surface area contributed by atoms with E-state index in [9.17, 15) is 18.3 Å². The van der Waals surface area contributed by atoms with E-state index in [1.54, 1.807) is 24.5 Å². The molecule has 1 aromatic carbocycles. The predicted octanol–water partition coefficient (Wildman–Crippen LogP) is 4.19. The average molecular weight is 418 g/mol. The molecule has 3 N–H and O–H groups in total. The van der Waals surface area contributed by atoms with E-state index in [0.717, 1.165) is 29.0 Å². The summed E-state index contributed by atoms with van der Waals surface area (Å²) in [4.78, 5) is 15.9.